The molecule has 2 aromatic carbocycles. The fourth-order valence-electron chi connectivity index (χ4n) is 3.13. The molecule has 0 N–H and O–H groups in total. The maximum atomic E-state index is 13.0. The molecule has 0 atom stereocenters. The van der Waals surface area contributed by atoms with Crippen molar-refractivity contribution in [2.24, 2.45) is 0 Å². The van der Waals surface area contributed by atoms with Crippen LogP contribution in [0.25, 0.3) is 11.3 Å². The number of furan rings is 1. The summed E-state index contributed by atoms with van der Waals surface area (Å²) in [7, 11) is 0. The Morgan fingerprint density at radius 1 is 0.783 bits per heavy atom. The smallest absolute Gasteiger partial charge is 0.198 e. The van der Waals surface area contributed by atoms with Crippen molar-refractivity contribution in [3.8, 4) is 11.3 Å². The second-order valence-corrected chi connectivity index (χ2v) is 5.53. The molecule has 3 nitrogen and oxygen atoms in total. The summed E-state index contributed by atoms with van der Waals surface area (Å²) in [5.74, 6) is 0.799. The molecule has 1 aliphatic rings. The molecule has 23 heavy (non-hydrogen) atoms. The normalized spacial score (nSPS) is 12.9. The van der Waals surface area contributed by atoms with E-state index in [1.807, 2.05) is 37.3 Å². The van der Waals surface area contributed by atoms with E-state index < -0.39 is 0 Å². The molecule has 0 unspecified atom stereocenters. The van der Waals surface area contributed by atoms with E-state index in [1.165, 1.54) is 0 Å². The fourth-order valence-corrected chi connectivity index (χ4v) is 3.13. The topological polar surface area (TPSA) is 47.3 Å². The number of ketones is 2. The van der Waals surface area contributed by atoms with Crippen molar-refractivity contribution < 1.29 is 14.0 Å². The zero-order valence-corrected chi connectivity index (χ0v) is 12.6. The van der Waals surface area contributed by atoms with Gasteiger partial charge in [0.2, 0.25) is 0 Å². The van der Waals surface area contributed by atoms with Crippen molar-refractivity contribution in [2.75, 3.05) is 0 Å². The highest BCUT2D eigenvalue weighted by Gasteiger charge is 2.37. The summed E-state index contributed by atoms with van der Waals surface area (Å²) >= 11 is 0. The summed E-state index contributed by atoms with van der Waals surface area (Å²) in [6.07, 6.45) is 0.566. The predicted octanol–water partition coefficient (Wildman–Crippen LogP) is 4.28. The lowest BCUT2D eigenvalue weighted by Crippen LogP contribution is -2.20. The van der Waals surface area contributed by atoms with Crippen LogP contribution in [0.3, 0.4) is 0 Å². The van der Waals surface area contributed by atoms with Gasteiger partial charge in [-0.05, 0) is 0 Å². The van der Waals surface area contributed by atoms with Gasteiger partial charge >= 0.3 is 0 Å². The van der Waals surface area contributed by atoms with E-state index in [2.05, 4.69) is 0 Å². The van der Waals surface area contributed by atoms with Crippen molar-refractivity contribution in [3.63, 3.8) is 0 Å². The van der Waals surface area contributed by atoms with Crippen LogP contribution in [0.2, 0.25) is 0 Å². The van der Waals surface area contributed by atoms with Gasteiger partial charge < -0.3 is 4.42 Å². The van der Waals surface area contributed by atoms with E-state index in [0.29, 0.717) is 40.2 Å². The van der Waals surface area contributed by atoms with Gasteiger partial charge in [-0.1, -0.05) is 61.5 Å². The lowest BCUT2D eigenvalue weighted by molar-refractivity contribution is 0.0980. The first-order valence-corrected chi connectivity index (χ1v) is 7.62. The molecule has 0 radical (unpaired) electrons. The largest absolute Gasteiger partial charge is 0.460 e. The molecule has 0 saturated carbocycles. The quantitative estimate of drug-likeness (QED) is 0.555. The number of carbonyl (C=O) groups excluding carboxylic acids is 2. The highest BCUT2D eigenvalue weighted by Crippen LogP contribution is 2.38. The Morgan fingerprint density at radius 3 is 1.96 bits per heavy atom. The van der Waals surface area contributed by atoms with Gasteiger partial charge in [0.15, 0.2) is 11.6 Å². The van der Waals surface area contributed by atoms with Crippen molar-refractivity contribution in [1.29, 1.82) is 0 Å². The molecule has 0 spiro atoms. The Hall–Kier alpha value is -2.94. The third-order valence-electron chi connectivity index (χ3n) is 4.21. The fraction of sp³-hybridized carbons (Fsp3) is 0.100. The summed E-state index contributed by atoms with van der Waals surface area (Å²) in [5, 5.41) is 0. The zero-order valence-electron chi connectivity index (χ0n) is 12.6. The van der Waals surface area contributed by atoms with Crippen LogP contribution in [0, 0.1) is 0 Å². The molecule has 0 aliphatic heterocycles. The highest BCUT2D eigenvalue weighted by atomic mass is 16.3. The SMILES string of the molecule is CCc1oc(-c2ccccc2)c2c1C(=O)c1ccccc1C2=O. The Labute approximate surface area is 133 Å². The van der Waals surface area contributed by atoms with Crippen LogP contribution in [0.1, 0.15) is 44.5 Å². The van der Waals surface area contributed by atoms with Crippen molar-refractivity contribution in [3.05, 3.63) is 82.6 Å². The highest BCUT2D eigenvalue weighted by molar-refractivity contribution is 6.30. The van der Waals surface area contributed by atoms with E-state index in [-0.39, 0.29) is 11.6 Å². The molecule has 112 valence electrons. The lowest BCUT2D eigenvalue weighted by Gasteiger charge is -2.14. The van der Waals surface area contributed by atoms with Crippen LogP contribution < -0.4 is 0 Å². The number of hydrogen-bond acceptors (Lipinski definition) is 3. The average Bonchev–Trinajstić information content (AvgIpc) is 3.00. The number of rotatable bonds is 2. The van der Waals surface area contributed by atoms with Crippen molar-refractivity contribution >= 4 is 11.6 Å². The average molecular weight is 302 g/mol. The first-order chi connectivity index (χ1) is 11.2. The molecule has 3 heteroatoms. The van der Waals surface area contributed by atoms with Gasteiger partial charge in [0, 0.05) is 23.1 Å². The van der Waals surface area contributed by atoms with Gasteiger partial charge in [0.25, 0.3) is 0 Å². The minimum absolute atomic E-state index is 0.127. The van der Waals surface area contributed by atoms with Crippen LogP contribution in [-0.2, 0) is 6.42 Å². The van der Waals surface area contributed by atoms with Gasteiger partial charge in [-0.2, -0.15) is 0 Å². The van der Waals surface area contributed by atoms with E-state index in [4.69, 9.17) is 4.42 Å². The van der Waals surface area contributed by atoms with Crippen LogP contribution in [0.15, 0.2) is 59.0 Å². The maximum absolute atomic E-state index is 13.0. The van der Waals surface area contributed by atoms with Gasteiger partial charge in [0.1, 0.15) is 11.5 Å². The number of fused-ring (bicyclic) bond motifs is 2. The number of benzene rings is 2. The summed E-state index contributed by atoms with van der Waals surface area (Å²) in [6.45, 7) is 1.92. The molecular weight excluding hydrogens is 288 g/mol. The third kappa shape index (κ3) is 1.90. The van der Waals surface area contributed by atoms with Gasteiger partial charge in [0.05, 0.1) is 11.1 Å². The maximum Gasteiger partial charge on any atom is 0.198 e. The number of hydrogen-bond donors (Lipinski definition) is 0. The molecule has 0 saturated heterocycles. The summed E-state index contributed by atoms with van der Waals surface area (Å²) < 4.78 is 5.93. The molecule has 0 amide bonds. The van der Waals surface area contributed by atoms with E-state index in [9.17, 15) is 9.59 Å². The lowest BCUT2D eigenvalue weighted by atomic mass is 9.83. The first-order valence-electron chi connectivity index (χ1n) is 7.62. The Kier molecular flexibility index (Phi) is 3.01. The Balaban J connectivity index is 2.04. The van der Waals surface area contributed by atoms with Crippen LogP contribution in [0.4, 0.5) is 0 Å². The second-order valence-electron chi connectivity index (χ2n) is 5.53. The first kappa shape index (κ1) is 13.7. The Bertz CT molecular complexity index is 933. The monoisotopic (exact) mass is 302 g/mol. The van der Waals surface area contributed by atoms with Gasteiger partial charge in [-0.15, -0.1) is 0 Å². The summed E-state index contributed by atoms with van der Waals surface area (Å²) in [5.41, 5.74) is 2.54. The second kappa shape index (κ2) is 5.06. The molecule has 3 aromatic rings. The Morgan fingerprint density at radius 2 is 1.35 bits per heavy atom. The third-order valence-corrected chi connectivity index (χ3v) is 4.21. The van der Waals surface area contributed by atoms with Crippen molar-refractivity contribution in [2.45, 2.75) is 13.3 Å². The van der Waals surface area contributed by atoms with Gasteiger partial charge in [-0.25, -0.2) is 0 Å². The standard InChI is InChI=1S/C20H14O3/c1-2-15-16-17(20(23-15)12-8-4-3-5-9-12)19(22)14-11-7-6-10-13(14)18(16)21/h3-11H,2H2,1H3. The van der Waals surface area contributed by atoms with E-state index >= 15 is 0 Å². The van der Waals surface area contributed by atoms with E-state index in [1.54, 1.807) is 24.3 Å². The predicted molar refractivity (Wildman–Crippen MR) is 86.8 cm³/mol. The van der Waals surface area contributed by atoms with Crippen LogP contribution in [0.5, 0.6) is 0 Å². The molecular formula is C20H14O3. The van der Waals surface area contributed by atoms with Crippen LogP contribution >= 0.6 is 0 Å². The van der Waals surface area contributed by atoms with Crippen molar-refractivity contribution in [1.82, 2.24) is 0 Å². The molecule has 0 fully saturated rings. The zero-order chi connectivity index (χ0) is 16.0. The molecule has 1 aliphatic carbocycles. The number of aryl methyl sites for hydroxylation is 1. The van der Waals surface area contributed by atoms with E-state index in [0.717, 1.165) is 5.56 Å². The minimum Gasteiger partial charge on any atom is -0.460 e. The van der Waals surface area contributed by atoms with Gasteiger partial charge in [-0.3, -0.25) is 9.59 Å². The molecule has 1 heterocycles. The molecule has 0 bridgehead atoms. The molecule has 4 rings (SSSR count). The minimum atomic E-state index is -0.141. The molecule has 1 aromatic heterocycles. The number of carbonyl (C=O) groups is 2. The van der Waals surface area contributed by atoms with Crippen LogP contribution in [-0.4, -0.2) is 11.6 Å². The summed E-state index contributed by atoms with van der Waals surface area (Å²) in [6, 6.07) is 16.4. The summed E-state index contributed by atoms with van der Waals surface area (Å²) in [4.78, 5) is 25.8.